The molecule has 2 N–H and O–H groups in total. The molecule has 0 aliphatic carbocycles. The van der Waals surface area contributed by atoms with Crippen molar-refractivity contribution < 1.29 is 9.53 Å². The molecule has 0 radical (unpaired) electrons. The van der Waals surface area contributed by atoms with Crippen molar-refractivity contribution in [3.8, 4) is 5.75 Å². The molecule has 0 saturated heterocycles. The summed E-state index contributed by atoms with van der Waals surface area (Å²) in [5.74, 6) is 0.560. The number of halogens is 1. The first-order chi connectivity index (χ1) is 11.6. The number of anilines is 3. The Morgan fingerprint density at radius 3 is 2.79 bits per heavy atom. The van der Waals surface area contributed by atoms with Crippen molar-refractivity contribution in [1.82, 2.24) is 0 Å². The van der Waals surface area contributed by atoms with Crippen LogP contribution in [0.5, 0.6) is 5.75 Å². The summed E-state index contributed by atoms with van der Waals surface area (Å²) >= 11 is 5.99. The molecule has 5 nitrogen and oxygen atoms in total. The second-order valence-corrected chi connectivity index (χ2v) is 5.99. The van der Waals surface area contributed by atoms with E-state index in [9.17, 15) is 4.79 Å². The highest BCUT2D eigenvalue weighted by atomic mass is 35.5. The second-order valence-electron chi connectivity index (χ2n) is 5.56. The van der Waals surface area contributed by atoms with Crippen LogP contribution in [-0.4, -0.2) is 26.2 Å². The van der Waals surface area contributed by atoms with Crippen molar-refractivity contribution in [3.05, 3.63) is 47.0 Å². The number of hydrogen-bond acceptors (Lipinski definition) is 3. The lowest BCUT2D eigenvalue weighted by atomic mass is 10.1. The molecule has 1 aliphatic rings. The smallest absolute Gasteiger partial charge is 0.323 e. The quantitative estimate of drug-likeness (QED) is 0.864. The second kappa shape index (κ2) is 7.01. The zero-order valence-electron chi connectivity index (χ0n) is 13.7. The topological polar surface area (TPSA) is 53.6 Å². The van der Waals surface area contributed by atoms with Gasteiger partial charge >= 0.3 is 6.03 Å². The number of likely N-dealkylation sites (N-methyl/N-ethyl adjacent to an activating group) is 1. The van der Waals surface area contributed by atoms with Gasteiger partial charge in [0.15, 0.2) is 0 Å². The average molecular weight is 346 g/mol. The van der Waals surface area contributed by atoms with Crippen LogP contribution in [0.3, 0.4) is 0 Å². The van der Waals surface area contributed by atoms with Crippen molar-refractivity contribution in [2.45, 2.75) is 13.3 Å². The first-order valence-corrected chi connectivity index (χ1v) is 8.28. The van der Waals surface area contributed by atoms with E-state index >= 15 is 0 Å². The van der Waals surface area contributed by atoms with Crippen LogP contribution in [0, 0.1) is 0 Å². The van der Waals surface area contributed by atoms with Crippen LogP contribution in [-0.2, 0) is 6.42 Å². The summed E-state index contributed by atoms with van der Waals surface area (Å²) in [7, 11) is 1.55. The fourth-order valence-electron chi connectivity index (χ4n) is 3.00. The van der Waals surface area contributed by atoms with E-state index in [4.69, 9.17) is 16.3 Å². The van der Waals surface area contributed by atoms with E-state index in [1.165, 1.54) is 11.3 Å². The molecule has 2 amide bonds. The zero-order chi connectivity index (χ0) is 17.1. The van der Waals surface area contributed by atoms with Gasteiger partial charge in [-0.15, -0.1) is 0 Å². The van der Waals surface area contributed by atoms with E-state index in [1.807, 2.05) is 12.1 Å². The van der Waals surface area contributed by atoms with E-state index < -0.39 is 0 Å². The fraction of sp³-hybridized carbons (Fsp3) is 0.278. The van der Waals surface area contributed by atoms with Gasteiger partial charge in [-0.1, -0.05) is 17.7 Å². The molecule has 0 unspecified atom stereocenters. The molecule has 0 spiro atoms. The molecule has 0 fully saturated rings. The average Bonchev–Trinajstić information content (AvgIpc) is 2.99. The molecule has 0 saturated carbocycles. The number of ether oxygens (including phenoxy) is 1. The van der Waals surface area contributed by atoms with Crippen molar-refractivity contribution in [1.29, 1.82) is 0 Å². The van der Waals surface area contributed by atoms with Crippen LogP contribution in [0.15, 0.2) is 36.4 Å². The number of rotatable bonds is 4. The SMILES string of the molecule is CCN1CCc2c(NC(=O)Nc3cc(Cl)ccc3OC)cccc21. The Labute approximate surface area is 146 Å². The number of amides is 2. The van der Waals surface area contributed by atoms with Crippen molar-refractivity contribution in [2.75, 3.05) is 35.7 Å². The number of methoxy groups -OCH3 is 1. The predicted octanol–water partition coefficient (Wildman–Crippen LogP) is 4.38. The van der Waals surface area contributed by atoms with Gasteiger partial charge in [-0.05, 0) is 43.7 Å². The predicted molar refractivity (Wildman–Crippen MR) is 98.7 cm³/mol. The molecule has 0 bridgehead atoms. The Balaban J connectivity index is 1.77. The van der Waals surface area contributed by atoms with Gasteiger partial charge in [-0.25, -0.2) is 4.79 Å². The number of fused-ring (bicyclic) bond motifs is 1. The fourth-order valence-corrected chi connectivity index (χ4v) is 3.17. The van der Waals surface area contributed by atoms with E-state index in [0.29, 0.717) is 16.5 Å². The number of urea groups is 1. The summed E-state index contributed by atoms with van der Waals surface area (Å²) in [4.78, 5) is 14.7. The van der Waals surface area contributed by atoms with Crippen LogP contribution in [0.25, 0.3) is 0 Å². The van der Waals surface area contributed by atoms with Crippen LogP contribution in [0.2, 0.25) is 5.02 Å². The van der Waals surface area contributed by atoms with E-state index in [1.54, 1.807) is 25.3 Å². The van der Waals surface area contributed by atoms with Crippen LogP contribution in [0.1, 0.15) is 12.5 Å². The summed E-state index contributed by atoms with van der Waals surface area (Å²) in [6.07, 6.45) is 0.931. The molecular formula is C18H20ClN3O2. The zero-order valence-corrected chi connectivity index (χ0v) is 14.5. The molecule has 0 atom stereocenters. The Bertz CT molecular complexity index is 764. The third kappa shape index (κ3) is 3.26. The lowest BCUT2D eigenvalue weighted by molar-refractivity contribution is 0.262. The monoisotopic (exact) mass is 345 g/mol. The third-order valence-electron chi connectivity index (χ3n) is 4.16. The first kappa shape index (κ1) is 16.5. The molecule has 1 heterocycles. The third-order valence-corrected chi connectivity index (χ3v) is 4.40. The summed E-state index contributed by atoms with van der Waals surface area (Å²) in [6.45, 7) is 4.07. The number of nitrogens with zero attached hydrogens (tertiary/aromatic N) is 1. The van der Waals surface area contributed by atoms with Gasteiger partial charge in [-0.3, -0.25) is 0 Å². The number of hydrogen-bond donors (Lipinski definition) is 2. The highest BCUT2D eigenvalue weighted by Gasteiger charge is 2.21. The molecule has 2 aromatic rings. The highest BCUT2D eigenvalue weighted by molar-refractivity contribution is 6.31. The minimum atomic E-state index is -0.320. The van der Waals surface area contributed by atoms with E-state index in [0.717, 1.165) is 25.2 Å². The molecular weight excluding hydrogens is 326 g/mol. The molecule has 2 aromatic carbocycles. The van der Waals surface area contributed by atoms with Crippen LogP contribution in [0.4, 0.5) is 21.9 Å². The molecule has 6 heteroatoms. The van der Waals surface area contributed by atoms with Crippen molar-refractivity contribution in [3.63, 3.8) is 0 Å². The lowest BCUT2D eigenvalue weighted by Crippen LogP contribution is -2.20. The van der Waals surface area contributed by atoms with Crippen molar-refractivity contribution >= 4 is 34.7 Å². The number of benzene rings is 2. The Kier molecular flexibility index (Phi) is 4.81. The number of nitrogens with one attached hydrogen (secondary N) is 2. The lowest BCUT2D eigenvalue weighted by Gasteiger charge is -2.17. The molecule has 24 heavy (non-hydrogen) atoms. The summed E-state index contributed by atoms with van der Waals surface area (Å²) in [6, 6.07) is 10.8. The first-order valence-electron chi connectivity index (χ1n) is 7.90. The van der Waals surface area contributed by atoms with Crippen molar-refractivity contribution in [2.24, 2.45) is 0 Å². The molecule has 3 rings (SSSR count). The van der Waals surface area contributed by atoms with Gasteiger partial charge < -0.3 is 20.3 Å². The normalized spacial score (nSPS) is 12.7. The molecule has 1 aliphatic heterocycles. The van der Waals surface area contributed by atoms with Gasteiger partial charge in [0.25, 0.3) is 0 Å². The Morgan fingerprint density at radius 2 is 2.04 bits per heavy atom. The van der Waals surface area contributed by atoms with Gasteiger partial charge in [0.1, 0.15) is 5.75 Å². The van der Waals surface area contributed by atoms with E-state index in [-0.39, 0.29) is 6.03 Å². The minimum absolute atomic E-state index is 0.320. The maximum absolute atomic E-state index is 12.4. The largest absolute Gasteiger partial charge is 0.495 e. The maximum Gasteiger partial charge on any atom is 0.323 e. The number of carbonyl (C=O) groups excluding carboxylic acids is 1. The number of carbonyl (C=O) groups is 1. The van der Waals surface area contributed by atoms with Gasteiger partial charge in [-0.2, -0.15) is 0 Å². The Hall–Kier alpha value is -2.40. The molecule has 0 aromatic heterocycles. The summed E-state index contributed by atoms with van der Waals surface area (Å²) < 4.78 is 5.25. The van der Waals surface area contributed by atoms with Gasteiger partial charge in [0.2, 0.25) is 0 Å². The standard InChI is InChI=1S/C18H20ClN3O2/c1-3-22-10-9-13-14(5-4-6-16(13)22)20-18(23)21-15-11-12(19)7-8-17(15)24-2/h4-8,11H,3,9-10H2,1-2H3,(H2,20,21,23). The minimum Gasteiger partial charge on any atom is -0.495 e. The maximum atomic E-state index is 12.4. The van der Waals surface area contributed by atoms with Crippen LogP contribution < -0.4 is 20.3 Å². The highest BCUT2D eigenvalue weighted by Crippen LogP contribution is 2.34. The van der Waals surface area contributed by atoms with Crippen LogP contribution >= 0.6 is 11.6 Å². The Morgan fingerprint density at radius 1 is 1.25 bits per heavy atom. The summed E-state index contributed by atoms with van der Waals surface area (Å²) in [5.41, 5.74) is 3.73. The summed E-state index contributed by atoms with van der Waals surface area (Å²) in [5, 5.41) is 6.26. The van der Waals surface area contributed by atoms with Gasteiger partial charge in [0, 0.05) is 35.1 Å². The van der Waals surface area contributed by atoms with Gasteiger partial charge in [0.05, 0.1) is 12.8 Å². The molecule has 126 valence electrons. The van der Waals surface area contributed by atoms with E-state index in [2.05, 4.69) is 28.5 Å².